The molecule has 6 rings (SSSR count). The number of nitrogens with zero attached hydrogens (tertiary/aromatic N) is 5. The van der Waals surface area contributed by atoms with Gasteiger partial charge in [0.15, 0.2) is 0 Å². The summed E-state index contributed by atoms with van der Waals surface area (Å²) in [6.07, 6.45) is 7.47. The normalized spacial score (nSPS) is 21.3. The Labute approximate surface area is 219 Å². The molecule has 4 aliphatic rings. The van der Waals surface area contributed by atoms with E-state index in [1.165, 1.54) is 11.6 Å². The Balaban J connectivity index is 0.00000294. The highest BCUT2D eigenvalue weighted by Gasteiger charge is 2.30. The number of aromatic nitrogens is 2. The minimum atomic E-state index is 0. The van der Waals surface area contributed by atoms with Crippen molar-refractivity contribution in [3.8, 4) is 5.75 Å². The number of hydrogen-bond donors (Lipinski definition) is 1. The Morgan fingerprint density at radius 3 is 2.59 bits per heavy atom. The third-order valence-electron chi connectivity index (χ3n) is 8.33. The number of rotatable bonds is 4. The van der Waals surface area contributed by atoms with Gasteiger partial charge in [-0.05, 0) is 68.5 Å². The van der Waals surface area contributed by atoms with Crippen molar-refractivity contribution in [1.29, 1.82) is 0 Å². The summed E-state index contributed by atoms with van der Waals surface area (Å²) in [5.74, 6) is 3.20. The molecule has 9 heteroatoms. The maximum absolute atomic E-state index is 11.9. The lowest BCUT2D eigenvalue weighted by Gasteiger charge is -2.41. The lowest BCUT2D eigenvalue weighted by molar-refractivity contribution is -0.127. The number of hydrogen-bond acceptors (Lipinski definition) is 8. The van der Waals surface area contributed by atoms with Crippen molar-refractivity contribution >= 4 is 23.2 Å². The summed E-state index contributed by atoms with van der Waals surface area (Å²) >= 11 is 0. The van der Waals surface area contributed by atoms with Crippen LogP contribution in [0, 0.1) is 0 Å². The maximum atomic E-state index is 11.9. The van der Waals surface area contributed by atoms with Gasteiger partial charge in [0.1, 0.15) is 30.3 Å². The smallest absolute Gasteiger partial charge is 0.245 e. The molecule has 0 spiro atoms. The number of nitrogens with one attached hydrogen (secondary N) is 1. The van der Waals surface area contributed by atoms with Crippen LogP contribution in [-0.4, -0.2) is 84.2 Å². The zero-order valence-electron chi connectivity index (χ0n) is 21.4. The van der Waals surface area contributed by atoms with Gasteiger partial charge in [0.05, 0.1) is 24.5 Å². The summed E-state index contributed by atoms with van der Waals surface area (Å²) in [5.41, 5.74) is 3.33. The fourth-order valence-electron chi connectivity index (χ4n) is 6.17. The quantitative estimate of drug-likeness (QED) is 0.631. The second-order valence-electron chi connectivity index (χ2n) is 10.4. The van der Waals surface area contributed by atoms with E-state index >= 15 is 0 Å². The predicted molar refractivity (Wildman–Crippen MR) is 145 cm³/mol. The molecule has 0 radical (unpaired) electrons. The van der Waals surface area contributed by atoms with Gasteiger partial charge in [-0.1, -0.05) is 12.6 Å². The van der Waals surface area contributed by atoms with Gasteiger partial charge in [-0.3, -0.25) is 4.79 Å². The van der Waals surface area contributed by atoms with Crippen LogP contribution >= 0.6 is 0 Å². The number of amides is 1. The van der Waals surface area contributed by atoms with E-state index in [9.17, 15) is 4.79 Å². The molecule has 0 saturated carbocycles. The van der Waals surface area contributed by atoms with Gasteiger partial charge in [0, 0.05) is 33.6 Å². The fourth-order valence-corrected chi connectivity index (χ4v) is 6.17. The van der Waals surface area contributed by atoms with Gasteiger partial charge in [-0.2, -0.15) is 0 Å². The lowest BCUT2D eigenvalue weighted by Crippen LogP contribution is -2.48. The molecule has 9 nitrogen and oxygen atoms in total. The number of morpholine rings is 1. The van der Waals surface area contributed by atoms with E-state index in [4.69, 9.17) is 9.47 Å². The van der Waals surface area contributed by atoms with E-state index in [0.717, 1.165) is 93.6 Å². The van der Waals surface area contributed by atoms with Crippen molar-refractivity contribution < 1.29 is 15.7 Å². The molecule has 1 aromatic carbocycles. The summed E-state index contributed by atoms with van der Waals surface area (Å²) < 4.78 is 11.8. The van der Waals surface area contributed by atoms with Gasteiger partial charge in [-0.25, -0.2) is 9.97 Å². The third kappa shape index (κ3) is 5.02. The van der Waals surface area contributed by atoms with Gasteiger partial charge >= 0.3 is 0 Å². The average molecular weight is 507 g/mol. The summed E-state index contributed by atoms with van der Waals surface area (Å²) in [6.45, 7) is 11.0. The maximum Gasteiger partial charge on any atom is 0.245 e. The van der Waals surface area contributed by atoms with Crippen molar-refractivity contribution in [2.75, 3.05) is 62.7 Å². The highest BCUT2D eigenvalue weighted by atomic mass is 16.5. The highest BCUT2D eigenvalue weighted by molar-refractivity contribution is 5.87. The standard InChI is InChI=1S/C28H36N6O3.H2/c1-2-26(35)33-11-7-22(8-12-33)32-9-5-20(6-10-32)21-3-4-25-24(17-21)31-27-23(18-37-25)28(30-19-29-27)34-13-15-36-16-14-34;/h2-4,17,19-20,22H,1,5-16,18H2,(H,29,30,31);1H. The fraction of sp³-hybridized carbons (Fsp3) is 0.536. The predicted octanol–water partition coefficient (Wildman–Crippen LogP) is 3.55. The van der Waals surface area contributed by atoms with E-state index in [-0.39, 0.29) is 7.33 Å². The SMILES string of the molecule is C=CC(=O)N1CCC(N2CCC(c3ccc4c(c3)Nc3ncnc(N5CCOCC5)c3CO4)CC2)CC1.[HH]. The molecule has 0 atom stereocenters. The van der Waals surface area contributed by atoms with E-state index < -0.39 is 0 Å². The highest BCUT2D eigenvalue weighted by Crippen LogP contribution is 2.39. The number of fused-ring (bicyclic) bond motifs is 2. The first-order valence-corrected chi connectivity index (χ1v) is 13.6. The number of anilines is 3. The van der Waals surface area contributed by atoms with Crippen molar-refractivity contribution in [2.24, 2.45) is 0 Å². The average Bonchev–Trinajstić information content (AvgIpc) is 3.16. The molecule has 1 amide bonds. The van der Waals surface area contributed by atoms with Crippen LogP contribution in [0.25, 0.3) is 0 Å². The molecule has 1 aromatic heterocycles. The minimum Gasteiger partial charge on any atom is -0.486 e. The van der Waals surface area contributed by atoms with Crippen LogP contribution in [0.5, 0.6) is 5.75 Å². The minimum absolute atomic E-state index is 0. The second kappa shape index (κ2) is 10.7. The summed E-state index contributed by atoms with van der Waals surface area (Å²) in [7, 11) is 0. The van der Waals surface area contributed by atoms with Crippen molar-refractivity contribution in [3.63, 3.8) is 0 Å². The Morgan fingerprint density at radius 2 is 1.84 bits per heavy atom. The Bertz CT molecular complexity index is 1140. The second-order valence-corrected chi connectivity index (χ2v) is 10.4. The van der Waals surface area contributed by atoms with Gasteiger partial charge in [-0.15, -0.1) is 0 Å². The Kier molecular flexibility index (Phi) is 6.97. The molecular formula is C28H38N6O3. The van der Waals surface area contributed by atoms with E-state index in [1.54, 1.807) is 6.33 Å². The first-order valence-electron chi connectivity index (χ1n) is 13.6. The molecule has 3 saturated heterocycles. The van der Waals surface area contributed by atoms with Crippen LogP contribution in [0.1, 0.15) is 44.2 Å². The number of ether oxygens (including phenoxy) is 2. The number of carbonyl (C=O) groups excluding carboxylic acids is 1. The Hall–Kier alpha value is -3.17. The van der Waals surface area contributed by atoms with Crippen LogP contribution in [0.4, 0.5) is 17.3 Å². The zero-order valence-corrected chi connectivity index (χ0v) is 21.4. The van der Waals surface area contributed by atoms with Crippen molar-refractivity contribution in [2.45, 2.75) is 44.2 Å². The van der Waals surface area contributed by atoms with Crippen molar-refractivity contribution in [1.82, 2.24) is 19.8 Å². The molecule has 0 unspecified atom stereocenters. The Morgan fingerprint density at radius 1 is 1.05 bits per heavy atom. The van der Waals surface area contributed by atoms with Crippen LogP contribution in [0.3, 0.4) is 0 Å². The van der Waals surface area contributed by atoms with Gasteiger partial charge in [0.25, 0.3) is 0 Å². The summed E-state index contributed by atoms with van der Waals surface area (Å²) in [6, 6.07) is 7.16. The van der Waals surface area contributed by atoms with Crippen LogP contribution < -0.4 is 15.0 Å². The molecule has 198 valence electrons. The molecule has 1 N–H and O–H groups in total. The summed E-state index contributed by atoms with van der Waals surface area (Å²) in [4.78, 5) is 27.9. The molecular weight excluding hydrogens is 468 g/mol. The van der Waals surface area contributed by atoms with Crippen LogP contribution in [0.15, 0.2) is 37.2 Å². The van der Waals surface area contributed by atoms with E-state index in [1.807, 2.05) is 4.90 Å². The lowest BCUT2D eigenvalue weighted by atomic mass is 9.87. The topological polar surface area (TPSA) is 83.1 Å². The third-order valence-corrected chi connectivity index (χ3v) is 8.33. The zero-order chi connectivity index (χ0) is 25.2. The summed E-state index contributed by atoms with van der Waals surface area (Å²) in [5, 5.41) is 3.56. The number of piperidine rings is 2. The molecule has 2 aromatic rings. The van der Waals surface area contributed by atoms with E-state index in [0.29, 0.717) is 31.8 Å². The van der Waals surface area contributed by atoms with E-state index in [2.05, 4.69) is 49.9 Å². The van der Waals surface area contributed by atoms with Crippen LogP contribution in [-0.2, 0) is 16.1 Å². The molecule has 3 fully saturated rings. The van der Waals surface area contributed by atoms with Gasteiger partial charge < -0.3 is 29.5 Å². The molecule has 0 bridgehead atoms. The van der Waals surface area contributed by atoms with Crippen LogP contribution in [0.2, 0.25) is 0 Å². The molecule has 4 aliphatic heterocycles. The number of carbonyl (C=O) groups is 1. The first-order chi connectivity index (χ1) is 18.2. The largest absolute Gasteiger partial charge is 0.486 e. The number of benzene rings is 1. The van der Waals surface area contributed by atoms with Crippen molar-refractivity contribution in [3.05, 3.63) is 48.3 Å². The van der Waals surface area contributed by atoms with Gasteiger partial charge in [0.2, 0.25) is 5.91 Å². The molecule has 37 heavy (non-hydrogen) atoms. The molecule has 0 aliphatic carbocycles. The monoisotopic (exact) mass is 506 g/mol. The molecule has 5 heterocycles. The first kappa shape index (κ1) is 24.2. The number of likely N-dealkylation sites (tertiary alicyclic amines) is 2.